The van der Waals surface area contributed by atoms with Gasteiger partial charge in [0.25, 0.3) is 0 Å². The Bertz CT molecular complexity index is 251. The summed E-state index contributed by atoms with van der Waals surface area (Å²) in [6.07, 6.45) is 5.09. The van der Waals surface area contributed by atoms with Crippen molar-refractivity contribution in [1.82, 2.24) is 9.80 Å². The van der Waals surface area contributed by atoms with Gasteiger partial charge in [-0.05, 0) is 45.7 Å². The first kappa shape index (κ1) is 12.4. The van der Waals surface area contributed by atoms with E-state index in [1.165, 1.54) is 32.4 Å². The summed E-state index contributed by atoms with van der Waals surface area (Å²) in [6.45, 7) is 6.27. The van der Waals surface area contributed by atoms with E-state index in [1.807, 2.05) is 11.8 Å². The average molecular weight is 289 g/mol. The monoisotopic (exact) mass is 288 g/mol. The van der Waals surface area contributed by atoms with Crippen molar-refractivity contribution in [1.29, 1.82) is 0 Å². The molecule has 0 bridgehead atoms. The fraction of sp³-hybridized carbons (Fsp3) is 0.917. The van der Waals surface area contributed by atoms with Gasteiger partial charge in [0, 0.05) is 19.1 Å². The molecule has 92 valence electrons. The van der Waals surface area contributed by atoms with Crippen LogP contribution in [0.4, 0.5) is 0 Å². The van der Waals surface area contributed by atoms with E-state index >= 15 is 0 Å². The average Bonchev–Trinajstić information content (AvgIpc) is 2.81. The van der Waals surface area contributed by atoms with Crippen LogP contribution in [-0.2, 0) is 4.79 Å². The zero-order valence-electron chi connectivity index (χ0n) is 9.99. The normalized spacial score (nSPS) is 29.4. The van der Waals surface area contributed by atoms with E-state index in [0.717, 1.165) is 19.5 Å². The summed E-state index contributed by atoms with van der Waals surface area (Å²) < 4.78 is 0. The van der Waals surface area contributed by atoms with Gasteiger partial charge in [0.05, 0.1) is 4.83 Å². The van der Waals surface area contributed by atoms with Gasteiger partial charge in [0.15, 0.2) is 0 Å². The zero-order chi connectivity index (χ0) is 11.5. The highest BCUT2D eigenvalue weighted by molar-refractivity contribution is 9.10. The Balaban J connectivity index is 1.90. The molecule has 16 heavy (non-hydrogen) atoms. The maximum Gasteiger partial charge on any atom is 0.236 e. The number of nitrogens with zero attached hydrogens (tertiary/aromatic N) is 2. The molecule has 0 aliphatic carbocycles. The van der Waals surface area contributed by atoms with Gasteiger partial charge in [-0.25, -0.2) is 0 Å². The smallest absolute Gasteiger partial charge is 0.236 e. The lowest BCUT2D eigenvalue weighted by Crippen LogP contribution is -2.50. The van der Waals surface area contributed by atoms with E-state index < -0.39 is 0 Å². The molecule has 3 nitrogen and oxygen atoms in total. The molecule has 1 amide bonds. The molecular weight excluding hydrogens is 268 g/mol. The second-order valence-corrected chi connectivity index (χ2v) is 6.31. The Morgan fingerprint density at radius 1 is 1.25 bits per heavy atom. The molecule has 2 atom stereocenters. The van der Waals surface area contributed by atoms with E-state index in [0.29, 0.717) is 6.04 Å². The van der Waals surface area contributed by atoms with Crippen molar-refractivity contribution in [2.45, 2.75) is 43.5 Å². The van der Waals surface area contributed by atoms with Crippen molar-refractivity contribution in [3.8, 4) is 0 Å². The molecule has 2 heterocycles. The highest BCUT2D eigenvalue weighted by Crippen LogP contribution is 2.21. The number of rotatable bonds is 2. The first-order valence-electron chi connectivity index (χ1n) is 6.35. The summed E-state index contributed by atoms with van der Waals surface area (Å²) in [4.78, 5) is 16.5. The molecule has 2 rings (SSSR count). The summed E-state index contributed by atoms with van der Waals surface area (Å²) in [7, 11) is 0. The van der Waals surface area contributed by atoms with Crippen LogP contribution in [0.15, 0.2) is 0 Å². The zero-order valence-corrected chi connectivity index (χ0v) is 11.6. The topological polar surface area (TPSA) is 23.6 Å². The van der Waals surface area contributed by atoms with Gasteiger partial charge in [0.2, 0.25) is 5.91 Å². The molecule has 0 spiro atoms. The fourth-order valence-electron chi connectivity index (χ4n) is 2.81. The molecule has 2 aliphatic rings. The minimum Gasteiger partial charge on any atom is -0.340 e. The van der Waals surface area contributed by atoms with Gasteiger partial charge in [-0.15, -0.1) is 0 Å². The van der Waals surface area contributed by atoms with Crippen LogP contribution in [0.3, 0.4) is 0 Å². The Kier molecular flexibility index (Phi) is 4.25. The highest BCUT2D eigenvalue weighted by Gasteiger charge is 2.30. The van der Waals surface area contributed by atoms with Crippen molar-refractivity contribution in [2.24, 2.45) is 0 Å². The summed E-state index contributed by atoms with van der Waals surface area (Å²) in [5.41, 5.74) is 0. The lowest BCUT2D eigenvalue weighted by Gasteiger charge is -2.38. The van der Waals surface area contributed by atoms with Crippen LogP contribution in [-0.4, -0.2) is 52.8 Å². The van der Waals surface area contributed by atoms with Crippen LogP contribution >= 0.6 is 15.9 Å². The largest absolute Gasteiger partial charge is 0.340 e. The number of alkyl halides is 1. The molecular formula is C12H21BrN2O. The second kappa shape index (κ2) is 5.50. The van der Waals surface area contributed by atoms with Crippen molar-refractivity contribution in [3.63, 3.8) is 0 Å². The van der Waals surface area contributed by atoms with Crippen molar-refractivity contribution < 1.29 is 4.79 Å². The quantitative estimate of drug-likeness (QED) is 0.724. The van der Waals surface area contributed by atoms with Gasteiger partial charge in [-0.2, -0.15) is 0 Å². The van der Waals surface area contributed by atoms with Crippen molar-refractivity contribution >= 4 is 21.8 Å². The van der Waals surface area contributed by atoms with E-state index in [-0.39, 0.29) is 10.7 Å². The predicted molar refractivity (Wildman–Crippen MR) is 68.8 cm³/mol. The standard InChI is InChI=1S/C12H21BrN2O/c1-10(13)12(16)15-8-4-5-11(9-15)14-6-2-3-7-14/h10-11H,2-9H2,1H3. The SMILES string of the molecule is CC(Br)C(=O)N1CCCC(N2CCCC2)C1. The highest BCUT2D eigenvalue weighted by atomic mass is 79.9. The molecule has 0 radical (unpaired) electrons. The minimum atomic E-state index is -0.0372. The number of carbonyl (C=O) groups excluding carboxylic acids is 1. The van der Waals surface area contributed by atoms with Crippen molar-refractivity contribution in [2.75, 3.05) is 26.2 Å². The summed E-state index contributed by atoms with van der Waals surface area (Å²) in [5.74, 6) is 0.254. The number of hydrogen-bond acceptors (Lipinski definition) is 2. The second-order valence-electron chi connectivity index (χ2n) is 4.94. The van der Waals surface area contributed by atoms with Crippen LogP contribution in [0.1, 0.15) is 32.6 Å². The number of piperidine rings is 1. The maximum absolute atomic E-state index is 11.9. The minimum absolute atomic E-state index is 0.0372. The van der Waals surface area contributed by atoms with Gasteiger partial charge >= 0.3 is 0 Å². The van der Waals surface area contributed by atoms with Crippen LogP contribution in [0.5, 0.6) is 0 Å². The van der Waals surface area contributed by atoms with Crippen LogP contribution < -0.4 is 0 Å². The van der Waals surface area contributed by atoms with E-state index in [2.05, 4.69) is 20.8 Å². The molecule has 0 N–H and O–H groups in total. The van der Waals surface area contributed by atoms with Crippen LogP contribution in [0.2, 0.25) is 0 Å². The lowest BCUT2D eigenvalue weighted by molar-refractivity contribution is -0.132. The van der Waals surface area contributed by atoms with Gasteiger partial charge < -0.3 is 4.90 Å². The molecule has 0 aromatic carbocycles. The summed E-state index contributed by atoms with van der Waals surface area (Å²) in [5, 5.41) is 0. The Labute approximate surface area is 106 Å². The van der Waals surface area contributed by atoms with Crippen LogP contribution in [0, 0.1) is 0 Å². The number of carbonyl (C=O) groups is 1. The molecule has 2 saturated heterocycles. The molecule has 2 fully saturated rings. The Morgan fingerprint density at radius 3 is 2.56 bits per heavy atom. The maximum atomic E-state index is 11.9. The summed E-state index contributed by atoms with van der Waals surface area (Å²) in [6, 6.07) is 0.617. The van der Waals surface area contributed by atoms with Crippen molar-refractivity contribution in [3.05, 3.63) is 0 Å². The Hall–Kier alpha value is -0.0900. The van der Waals surface area contributed by atoms with Gasteiger partial charge in [0.1, 0.15) is 0 Å². The third kappa shape index (κ3) is 2.77. The third-order valence-electron chi connectivity index (χ3n) is 3.71. The molecule has 0 aromatic heterocycles. The molecule has 0 aromatic rings. The molecule has 4 heteroatoms. The molecule has 2 unspecified atom stereocenters. The number of hydrogen-bond donors (Lipinski definition) is 0. The first-order valence-corrected chi connectivity index (χ1v) is 7.27. The number of halogens is 1. The van der Waals surface area contributed by atoms with Gasteiger partial charge in [-0.1, -0.05) is 15.9 Å². The van der Waals surface area contributed by atoms with Crippen LogP contribution in [0.25, 0.3) is 0 Å². The number of amides is 1. The molecule has 0 saturated carbocycles. The Morgan fingerprint density at radius 2 is 1.94 bits per heavy atom. The number of likely N-dealkylation sites (tertiary alicyclic amines) is 2. The lowest BCUT2D eigenvalue weighted by atomic mass is 10.0. The third-order valence-corrected chi connectivity index (χ3v) is 4.10. The van der Waals surface area contributed by atoms with E-state index in [1.54, 1.807) is 0 Å². The first-order chi connectivity index (χ1) is 7.68. The fourth-order valence-corrected chi connectivity index (χ4v) is 3.10. The molecule has 2 aliphatic heterocycles. The van der Waals surface area contributed by atoms with E-state index in [4.69, 9.17) is 0 Å². The summed E-state index contributed by atoms with van der Waals surface area (Å²) >= 11 is 3.37. The van der Waals surface area contributed by atoms with E-state index in [9.17, 15) is 4.79 Å². The predicted octanol–water partition coefficient (Wildman–Crippen LogP) is 1.86. The van der Waals surface area contributed by atoms with Gasteiger partial charge in [-0.3, -0.25) is 9.69 Å².